The number of nitrogens with zero attached hydrogens (tertiary/aromatic N) is 3. The van der Waals surface area contributed by atoms with Crippen molar-refractivity contribution in [3.8, 4) is 11.5 Å². The monoisotopic (exact) mass is 469 g/mol. The molecule has 3 heterocycles. The molecule has 33 heavy (non-hydrogen) atoms. The summed E-state index contributed by atoms with van der Waals surface area (Å²) in [5.41, 5.74) is 1.46. The van der Waals surface area contributed by atoms with Crippen molar-refractivity contribution in [1.82, 2.24) is 15.3 Å². The van der Waals surface area contributed by atoms with Gasteiger partial charge >= 0.3 is 6.09 Å². The average molecular weight is 470 g/mol. The first kappa shape index (κ1) is 21.5. The molecule has 2 saturated heterocycles. The van der Waals surface area contributed by atoms with Crippen molar-refractivity contribution in [2.45, 2.75) is 18.4 Å². The molecule has 2 fully saturated rings. The number of aromatic nitrogens is 2. The molecule has 3 aromatic rings. The molecule has 0 atom stereocenters. The Labute approximate surface area is 196 Å². The topological polar surface area (TPSA) is 97.8 Å². The van der Waals surface area contributed by atoms with Crippen LogP contribution in [0.2, 0.25) is 5.02 Å². The third-order valence-electron chi connectivity index (χ3n) is 6.14. The Morgan fingerprint density at radius 2 is 2.00 bits per heavy atom. The van der Waals surface area contributed by atoms with E-state index >= 15 is 0 Å². The highest BCUT2D eigenvalue weighted by Crippen LogP contribution is 2.41. The summed E-state index contributed by atoms with van der Waals surface area (Å²) in [5.74, 6) is 1.60. The van der Waals surface area contributed by atoms with E-state index < -0.39 is 5.60 Å². The standard InChI is InChI=1S/C23H24ClN5O4/c1-31-19-11-17-14(10-18(19)29-12-23(33-22(29)30)6-8-25-9-7-23)21(27-13-26-17)28-16-5-3-4-15(24)20(16)32-2/h3-5,10-11,13,25H,6-9,12H2,1-2H3,(H,26,27,28). The zero-order chi connectivity index (χ0) is 23.0. The first-order chi connectivity index (χ1) is 16.0. The number of para-hydroxylation sites is 1. The van der Waals surface area contributed by atoms with E-state index in [0.29, 0.717) is 45.8 Å². The molecule has 0 aliphatic carbocycles. The smallest absolute Gasteiger partial charge is 0.415 e. The molecule has 1 spiro atoms. The maximum atomic E-state index is 12.9. The number of anilines is 3. The van der Waals surface area contributed by atoms with Gasteiger partial charge in [0.1, 0.15) is 23.5 Å². The number of halogens is 1. The molecule has 1 amide bonds. The minimum absolute atomic E-state index is 0.377. The number of piperidine rings is 1. The number of ether oxygens (including phenoxy) is 3. The van der Waals surface area contributed by atoms with Gasteiger partial charge in [0.2, 0.25) is 0 Å². The fourth-order valence-corrected chi connectivity index (χ4v) is 4.69. The first-order valence-corrected chi connectivity index (χ1v) is 11.0. The molecule has 2 aromatic carbocycles. The first-order valence-electron chi connectivity index (χ1n) is 10.7. The number of nitrogens with one attached hydrogen (secondary N) is 2. The van der Waals surface area contributed by atoms with Crippen LogP contribution in [0, 0.1) is 0 Å². The number of benzene rings is 2. The van der Waals surface area contributed by atoms with Crippen molar-refractivity contribution < 1.29 is 19.0 Å². The Hall–Kier alpha value is -3.30. The van der Waals surface area contributed by atoms with E-state index in [2.05, 4.69) is 20.6 Å². The van der Waals surface area contributed by atoms with Crippen LogP contribution in [0.1, 0.15) is 12.8 Å². The number of rotatable bonds is 5. The second-order valence-corrected chi connectivity index (χ2v) is 8.50. The van der Waals surface area contributed by atoms with Crippen LogP contribution in [-0.2, 0) is 4.74 Å². The summed E-state index contributed by atoms with van der Waals surface area (Å²) in [4.78, 5) is 23.4. The van der Waals surface area contributed by atoms with E-state index in [9.17, 15) is 4.79 Å². The summed E-state index contributed by atoms with van der Waals surface area (Å²) in [7, 11) is 3.13. The molecule has 0 unspecified atom stereocenters. The summed E-state index contributed by atoms with van der Waals surface area (Å²) < 4.78 is 16.9. The molecule has 0 radical (unpaired) electrons. The van der Waals surface area contributed by atoms with Gasteiger partial charge in [0, 0.05) is 24.3 Å². The van der Waals surface area contributed by atoms with Crippen LogP contribution in [-0.4, -0.2) is 55.5 Å². The molecular formula is C23H24ClN5O4. The molecular weight excluding hydrogens is 446 g/mol. The van der Waals surface area contributed by atoms with Gasteiger partial charge in [-0.1, -0.05) is 17.7 Å². The fraction of sp³-hybridized carbons (Fsp3) is 0.348. The summed E-state index contributed by atoms with van der Waals surface area (Å²) in [6.45, 7) is 2.10. The van der Waals surface area contributed by atoms with Gasteiger partial charge in [0.25, 0.3) is 0 Å². The molecule has 2 aliphatic rings. The van der Waals surface area contributed by atoms with Crippen LogP contribution in [0.3, 0.4) is 0 Å². The number of fused-ring (bicyclic) bond motifs is 1. The van der Waals surface area contributed by atoms with Gasteiger partial charge in [0.15, 0.2) is 5.75 Å². The summed E-state index contributed by atoms with van der Waals surface area (Å²) in [6.07, 6.45) is 2.64. The minimum Gasteiger partial charge on any atom is -0.494 e. The van der Waals surface area contributed by atoms with Gasteiger partial charge in [-0.2, -0.15) is 0 Å². The Balaban J connectivity index is 1.57. The molecule has 0 saturated carbocycles. The maximum absolute atomic E-state index is 12.9. The number of hydrogen-bond donors (Lipinski definition) is 2. The lowest BCUT2D eigenvalue weighted by atomic mass is 9.92. The largest absolute Gasteiger partial charge is 0.494 e. The molecule has 2 aliphatic heterocycles. The highest BCUT2D eigenvalue weighted by atomic mass is 35.5. The van der Waals surface area contributed by atoms with Crippen LogP contribution in [0.15, 0.2) is 36.7 Å². The van der Waals surface area contributed by atoms with E-state index in [4.69, 9.17) is 25.8 Å². The van der Waals surface area contributed by atoms with E-state index in [1.54, 1.807) is 31.3 Å². The molecule has 172 valence electrons. The molecule has 1 aromatic heterocycles. The van der Waals surface area contributed by atoms with E-state index in [1.807, 2.05) is 18.2 Å². The summed E-state index contributed by atoms with van der Waals surface area (Å²) in [5, 5.41) is 7.80. The van der Waals surface area contributed by atoms with E-state index in [-0.39, 0.29) is 6.09 Å². The Morgan fingerprint density at radius 3 is 2.76 bits per heavy atom. The van der Waals surface area contributed by atoms with Crippen LogP contribution >= 0.6 is 11.6 Å². The van der Waals surface area contributed by atoms with Crippen molar-refractivity contribution in [3.05, 3.63) is 41.7 Å². The zero-order valence-electron chi connectivity index (χ0n) is 18.4. The maximum Gasteiger partial charge on any atom is 0.415 e. The molecule has 10 heteroatoms. The third-order valence-corrected chi connectivity index (χ3v) is 6.43. The molecule has 2 N–H and O–H groups in total. The number of carbonyl (C=O) groups is 1. The van der Waals surface area contributed by atoms with Crippen molar-refractivity contribution in [3.63, 3.8) is 0 Å². The second-order valence-electron chi connectivity index (χ2n) is 8.10. The van der Waals surface area contributed by atoms with Crippen LogP contribution in [0.5, 0.6) is 11.5 Å². The van der Waals surface area contributed by atoms with Gasteiger partial charge < -0.3 is 24.8 Å². The predicted octanol–water partition coefficient (Wildman–Crippen LogP) is 4.12. The van der Waals surface area contributed by atoms with Gasteiger partial charge in [-0.15, -0.1) is 0 Å². The third kappa shape index (κ3) is 3.87. The van der Waals surface area contributed by atoms with Crippen molar-refractivity contribution in [2.24, 2.45) is 0 Å². The number of hydrogen-bond acceptors (Lipinski definition) is 8. The zero-order valence-corrected chi connectivity index (χ0v) is 19.1. The van der Waals surface area contributed by atoms with Gasteiger partial charge in [0.05, 0.1) is 42.7 Å². The SMILES string of the molecule is COc1cc2ncnc(Nc3cccc(Cl)c3OC)c2cc1N1CC2(CCNCC2)OC1=O. The predicted molar refractivity (Wildman–Crippen MR) is 126 cm³/mol. The van der Waals surface area contributed by atoms with E-state index in [0.717, 1.165) is 31.3 Å². The van der Waals surface area contributed by atoms with Crippen molar-refractivity contribution in [2.75, 3.05) is 44.1 Å². The Morgan fingerprint density at radius 1 is 1.18 bits per heavy atom. The van der Waals surface area contributed by atoms with Gasteiger partial charge in [-0.25, -0.2) is 14.8 Å². The number of carbonyl (C=O) groups excluding carboxylic acids is 1. The fourth-order valence-electron chi connectivity index (χ4n) is 4.44. The summed E-state index contributed by atoms with van der Waals surface area (Å²) >= 11 is 6.28. The lowest BCUT2D eigenvalue weighted by molar-refractivity contribution is 0.0316. The number of amides is 1. The van der Waals surface area contributed by atoms with Crippen LogP contribution in [0.25, 0.3) is 10.9 Å². The lowest BCUT2D eigenvalue weighted by Crippen LogP contribution is -2.44. The quantitative estimate of drug-likeness (QED) is 0.575. The van der Waals surface area contributed by atoms with Gasteiger partial charge in [-0.05, 0) is 31.3 Å². The Bertz CT molecular complexity index is 1210. The van der Waals surface area contributed by atoms with Crippen LogP contribution < -0.4 is 25.0 Å². The van der Waals surface area contributed by atoms with E-state index in [1.165, 1.54) is 6.33 Å². The minimum atomic E-state index is -0.481. The van der Waals surface area contributed by atoms with Crippen molar-refractivity contribution >= 4 is 45.8 Å². The highest BCUT2D eigenvalue weighted by molar-refractivity contribution is 6.32. The summed E-state index contributed by atoms with van der Waals surface area (Å²) in [6, 6.07) is 9.08. The van der Waals surface area contributed by atoms with Gasteiger partial charge in [-0.3, -0.25) is 4.90 Å². The normalized spacial score (nSPS) is 17.3. The molecule has 9 nitrogen and oxygen atoms in total. The average Bonchev–Trinajstić information content (AvgIpc) is 3.14. The second kappa shape index (κ2) is 8.57. The number of methoxy groups -OCH3 is 2. The van der Waals surface area contributed by atoms with Crippen LogP contribution in [0.4, 0.5) is 22.0 Å². The Kier molecular flexibility index (Phi) is 5.59. The van der Waals surface area contributed by atoms with Crippen molar-refractivity contribution in [1.29, 1.82) is 0 Å². The molecule has 5 rings (SSSR count). The molecule has 0 bridgehead atoms. The highest BCUT2D eigenvalue weighted by Gasteiger charge is 2.47. The lowest BCUT2D eigenvalue weighted by Gasteiger charge is -2.31.